The van der Waals surface area contributed by atoms with E-state index in [0.717, 1.165) is 32.4 Å². The first kappa shape index (κ1) is 26.8. The molecule has 1 aromatic heterocycles. The van der Waals surface area contributed by atoms with Gasteiger partial charge in [-0.15, -0.1) is 0 Å². The molecule has 2 aromatic rings. The van der Waals surface area contributed by atoms with Crippen molar-refractivity contribution >= 4 is 40.2 Å². The maximum Gasteiger partial charge on any atom is 0.249 e. The number of hydrogen-bond acceptors (Lipinski definition) is 6. The number of alkyl halides is 1. The summed E-state index contributed by atoms with van der Waals surface area (Å²) in [5.41, 5.74) is 6.06. The van der Waals surface area contributed by atoms with Gasteiger partial charge in [-0.2, -0.15) is 0 Å². The van der Waals surface area contributed by atoms with E-state index in [1.807, 2.05) is 11.0 Å². The molecule has 6 nitrogen and oxygen atoms in total. The summed E-state index contributed by atoms with van der Waals surface area (Å²) in [5.74, 6) is -1.30. The lowest BCUT2D eigenvalue weighted by molar-refractivity contribution is -0.127. The van der Waals surface area contributed by atoms with Crippen LogP contribution >= 0.6 is 23.4 Å². The smallest absolute Gasteiger partial charge is 0.249 e. The Morgan fingerprint density at radius 1 is 1.24 bits per heavy atom. The number of carbonyl (C=O) groups is 2. The minimum atomic E-state index is -1.54. The third-order valence-corrected chi connectivity index (χ3v) is 9.13. The lowest BCUT2D eigenvalue weighted by atomic mass is 9.83. The van der Waals surface area contributed by atoms with E-state index in [9.17, 15) is 14.0 Å². The van der Waals surface area contributed by atoms with Gasteiger partial charge in [-0.25, -0.2) is 13.8 Å². The number of halogens is 3. The fraction of sp³-hybridized carbons (Fsp3) is 0.429. The molecular formula is C28H29ClF2N4O2S. The van der Waals surface area contributed by atoms with E-state index in [4.69, 9.17) is 17.3 Å². The second kappa shape index (κ2) is 10.4. The maximum absolute atomic E-state index is 15.3. The summed E-state index contributed by atoms with van der Waals surface area (Å²) in [6.07, 6.45) is 6.82. The summed E-state index contributed by atoms with van der Waals surface area (Å²) in [7, 11) is 0. The average Bonchev–Trinajstić information content (AvgIpc) is 3.63. The topological polar surface area (TPSA) is 88.6 Å². The number of thioether (sulfide) groups is 1. The zero-order valence-corrected chi connectivity index (χ0v) is 22.6. The van der Waals surface area contributed by atoms with Crippen LogP contribution in [0.1, 0.15) is 54.2 Å². The molecule has 3 heterocycles. The van der Waals surface area contributed by atoms with Crippen molar-refractivity contribution in [3.63, 3.8) is 0 Å². The second-order valence-corrected chi connectivity index (χ2v) is 12.1. The van der Waals surface area contributed by atoms with E-state index in [1.54, 1.807) is 13.0 Å². The van der Waals surface area contributed by atoms with Gasteiger partial charge in [0, 0.05) is 47.5 Å². The number of amides is 1. The highest BCUT2D eigenvalue weighted by molar-refractivity contribution is 8.15. The third kappa shape index (κ3) is 4.98. The van der Waals surface area contributed by atoms with Gasteiger partial charge in [0.2, 0.25) is 5.91 Å². The van der Waals surface area contributed by atoms with Crippen molar-refractivity contribution in [3.8, 4) is 0 Å². The van der Waals surface area contributed by atoms with Crippen molar-refractivity contribution < 1.29 is 18.4 Å². The van der Waals surface area contributed by atoms with Gasteiger partial charge >= 0.3 is 0 Å². The number of hydrogen-bond donors (Lipinski definition) is 1. The van der Waals surface area contributed by atoms with Gasteiger partial charge in [0.15, 0.2) is 11.0 Å². The van der Waals surface area contributed by atoms with E-state index in [0.29, 0.717) is 22.6 Å². The highest BCUT2D eigenvalue weighted by Gasteiger charge is 2.67. The normalized spacial score (nSPS) is 26.9. The Morgan fingerprint density at radius 3 is 2.68 bits per heavy atom. The van der Waals surface area contributed by atoms with Crippen LogP contribution in [0.25, 0.3) is 0 Å². The van der Waals surface area contributed by atoms with Gasteiger partial charge in [0.25, 0.3) is 0 Å². The molecule has 1 saturated carbocycles. The largest absolute Gasteiger partial charge is 0.378 e. The van der Waals surface area contributed by atoms with Gasteiger partial charge in [0.1, 0.15) is 23.7 Å². The molecule has 2 N–H and O–H groups in total. The first-order chi connectivity index (χ1) is 18.2. The first-order valence-corrected chi connectivity index (χ1v) is 13.9. The molecule has 0 unspecified atom stereocenters. The van der Waals surface area contributed by atoms with Crippen molar-refractivity contribution in [2.75, 3.05) is 19.8 Å². The van der Waals surface area contributed by atoms with E-state index < -0.39 is 22.8 Å². The van der Waals surface area contributed by atoms with Crippen LogP contribution in [0.15, 0.2) is 53.2 Å². The number of pyridine rings is 1. The first-order valence-electron chi connectivity index (χ1n) is 12.7. The lowest BCUT2D eigenvalue weighted by Crippen LogP contribution is -2.40. The highest BCUT2D eigenvalue weighted by atomic mass is 35.5. The second-order valence-electron chi connectivity index (χ2n) is 10.3. The summed E-state index contributed by atoms with van der Waals surface area (Å²) in [5, 5.41) is 0.563. The van der Waals surface area contributed by atoms with Crippen LogP contribution in [-0.2, 0) is 16.8 Å². The summed E-state index contributed by atoms with van der Waals surface area (Å²) in [6.45, 7) is 2.28. The van der Waals surface area contributed by atoms with Gasteiger partial charge in [-0.3, -0.25) is 14.6 Å². The number of benzene rings is 1. The Bertz CT molecular complexity index is 1330. The molecule has 0 radical (unpaired) electrons. The van der Waals surface area contributed by atoms with Crippen molar-refractivity contribution in [1.29, 1.82) is 0 Å². The summed E-state index contributed by atoms with van der Waals surface area (Å²) < 4.78 is 29.6. The van der Waals surface area contributed by atoms with Crippen LogP contribution in [0, 0.1) is 11.7 Å². The predicted molar refractivity (Wildman–Crippen MR) is 146 cm³/mol. The number of nitrogens with zero attached hydrogens (tertiary/aromatic N) is 3. The molecule has 10 heteroatoms. The zero-order chi connectivity index (χ0) is 27.1. The number of fused-ring (bicyclic) bond motifs is 1. The minimum Gasteiger partial charge on any atom is -0.378 e. The number of aromatic nitrogens is 1. The van der Waals surface area contributed by atoms with Crippen LogP contribution in [0.4, 0.5) is 8.78 Å². The van der Waals surface area contributed by atoms with Crippen LogP contribution in [0.5, 0.6) is 0 Å². The van der Waals surface area contributed by atoms with Crippen molar-refractivity contribution in [2.45, 2.75) is 49.3 Å². The number of aliphatic imine (C=N–C) groups is 1. The molecule has 200 valence electrons. The molecule has 1 aliphatic carbocycles. The predicted octanol–water partition coefficient (Wildman–Crippen LogP) is 5.24. The van der Waals surface area contributed by atoms with Gasteiger partial charge in [-0.05, 0) is 62.4 Å². The van der Waals surface area contributed by atoms with E-state index in [-0.39, 0.29) is 40.5 Å². The Hall–Kier alpha value is -2.78. The number of nitrogens with two attached hydrogens (primary N) is 1. The Kier molecular flexibility index (Phi) is 7.35. The molecule has 1 aromatic carbocycles. The Balaban J connectivity index is 1.44. The van der Waals surface area contributed by atoms with E-state index >= 15 is 4.39 Å². The zero-order valence-electron chi connectivity index (χ0n) is 21.1. The van der Waals surface area contributed by atoms with Crippen LogP contribution in [0.2, 0.25) is 5.02 Å². The highest BCUT2D eigenvalue weighted by Crippen LogP contribution is 2.67. The fourth-order valence-corrected chi connectivity index (χ4v) is 7.21. The molecule has 2 aliphatic heterocycles. The van der Waals surface area contributed by atoms with Crippen LogP contribution in [-0.4, -0.2) is 51.3 Å². The van der Waals surface area contributed by atoms with E-state index in [1.165, 1.54) is 42.2 Å². The van der Waals surface area contributed by atoms with Crippen LogP contribution < -0.4 is 5.73 Å². The van der Waals surface area contributed by atoms with Crippen molar-refractivity contribution in [2.24, 2.45) is 16.6 Å². The number of likely N-dealkylation sites (tertiary alicyclic amines) is 1. The molecular weight excluding hydrogens is 530 g/mol. The summed E-state index contributed by atoms with van der Waals surface area (Å²) in [4.78, 5) is 36.2. The number of carbonyl (C=O) groups excluding carboxylic acids is 2. The summed E-state index contributed by atoms with van der Waals surface area (Å²) >= 11 is 7.17. The number of Topliss-reactive ketones (excluding diaryl/α,β-unsaturated/α-hetero) is 1. The Labute approximate surface area is 229 Å². The average molecular weight is 559 g/mol. The van der Waals surface area contributed by atoms with Crippen molar-refractivity contribution in [1.82, 2.24) is 9.88 Å². The molecule has 1 saturated heterocycles. The van der Waals surface area contributed by atoms with Crippen LogP contribution in [0.3, 0.4) is 0 Å². The minimum absolute atomic E-state index is 0.0280. The maximum atomic E-state index is 15.3. The molecule has 3 atom stereocenters. The number of ketones is 1. The molecule has 5 rings (SSSR count). The quantitative estimate of drug-likeness (QED) is 0.371. The molecule has 0 bridgehead atoms. The molecule has 38 heavy (non-hydrogen) atoms. The SMILES string of the molecule is C/C(=C\[C@]12C[C@H]1[C@@](CF)(c1cc(CC(=O)c3ccc(Cl)cn3)ccc1F)N=C(N)S2)C(=O)N1CCCCC1. The lowest BCUT2D eigenvalue weighted by Gasteiger charge is -2.35. The number of piperidine rings is 1. The molecule has 0 spiro atoms. The van der Waals surface area contributed by atoms with Crippen molar-refractivity contribution in [3.05, 3.63) is 75.8 Å². The standard InChI is InChI=1S/C28H29ClF2N4O2S/c1-17(25(37)35-9-3-2-4-10-35)13-27-14-24(27)28(16-30,34-26(32)38-27)20-11-18(5-7-21(20)31)12-23(36)22-8-6-19(29)15-33-22/h5-8,11,13,15,24H,2-4,9-10,12,14,16H2,1H3,(H2,32,34)/b17-13+/t24-,27+,28-/m1/s1. The third-order valence-electron chi connectivity index (χ3n) is 7.65. The monoisotopic (exact) mass is 558 g/mol. The Morgan fingerprint density at radius 2 is 2.00 bits per heavy atom. The van der Waals surface area contributed by atoms with E-state index in [2.05, 4.69) is 9.98 Å². The molecule has 2 fully saturated rings. The van der Waals surface area contributed by atoms with Gasteiger partial charge < -0.3 is 10.6 Å². The molecule has 1 amide bonds. The van der Waals surface area contributed by atoms with Gasteiger partial charge in [-0.1, -0.05) is 35.5 Å². The molecule has 3 aliphatic rings. The number of rotatable bonds is 7. The number of amidine groups is 1. The van der Waals surface area contributed by atoms with Gasteiger partial charge in [0.05, 0.1) is 5.02 Å². The summed E-state index contributed by atoms with van der Waals surface area (Å²) in [6, 6.07) is 7.35. The fourth-order valence-electron chi connectivity index (χ4n) is 5.68.